The molecule has 25 nitrogen and oxygen atoms in total. The van der Waals surface area contributed by atoms with Crippen molar-refractivity contribution in [1.82, 2.24) is 50.4 Å². The average molecular weight is 1170 g/mol. The predicted molar refractivity (Wildman–Crippen MR) is 320 cm³/mol. The Morgan fingerprint density at radius 3 is 1.53 bits per heavy atom. The zero-order valence-electron chi connectivity index (χ0n) is 46.8. The number of hydrogen-bond acceptors (Lipinski definition) is 20. The minimum atomic E-state index is -0.965. The number of carbonyl (C=O) groups excluding carboxylic acids is 5. The average Bonchev–Trinajstić information content (AvgIpc) is 1.90. The molecule has 0 aliphatic rings. The molecule has 10 aromatic rings. The number of Topliss-reactive ketones (excluding diaryl/α,β-unsaturated/α-hetero) is 2. The van der Waals surface area contributed by atoms with Crippen molar-refractivity contribution < 1.29 is 42.7 Å². The number of anilines is 4. The van der Waals surface area contributed by atoms with Crippen LogP contribution in [0, 0.1) is 22.7 Å². The largest absolute Gasteiger partial charge is 0.445 e. The SMILES string of the molecule is N#CCCNc1nonc1-c1nc2ccccc2n1CC(=O)c1ccc(N)cc1.N#CCCNc1nonc1-c1nc2ccccc2n1CC(=O)c1ccc(NC(=O)[C@H](CCCCNC(=O)OCc2ccccc2)NC(=O)OCc2ccccc2)cc1. The number of nitrogen functional groups attached to an aromatic ring is 1. The van der Waals surface area contributed by atoms with Gasteiger partial charge in [-0.05, 0) is 124 Å². The molecule has 440 valence electrons. The number of carbonyl (C=O) groups is 5. The van der Waals surface area contributed by atoms with Gasteiger partial charge in [-0.3, -0.25) is 14.4 Å². The van der Waals surface area contributed by atoms with Crippen LogP contribution in [0.3, 0.4) is 0 Å². The maximum Gasteiger partial charge on any atom is 0.408 e. The number of rotatable bonds is 26. The van der Waals surface area contributed by atoms with E-state index in [2.05, 4.69) is 64.3 Å². The van der Waals surface area contributed by atoms with Crippen molar-refractivity contribution in [3.63, 3.8) is 0 Å². The third-order valence-electron chi connectivity index (χ3n) is 13.3. The Labute approximate surface area is 497 Å². The summed E-state index contributed by atoms with van der Waals surface area (Å²) in [6.45, 7) is 1.16. The molecular weight excluding hydrogens is 1110 g/mol. The summed E-state index contributed by atoms with van der Waals surface area (Å²) in [5.41, 5.74) is 12.8. The summed E-state index contributed by atoms with van der Waals surface area (Å²) in [5.74, 6) is 0.667. The first-order chi connectivity index (χ1) is 42.5. The lowest BCUT2D eigenvalue weighted by Gasteiger charge is -2.19. The van der Waals surface area contributed by atoms with E-state index >= 15 is 0 Å². The monoisotopic (exact) mass is 1170 g/mol. The van der Waals surface area contributed by atoms with Crippen LogP contribution in [-0.2, 0) is 40.6 Å². The fraction of sp³-hybridized carbons (Fsp3) is 0.210. The highest BCUT2D eigenvalue weighted by Gasteiger charge is 2.26. The van der Waals surface area contributed by atoms with Crippen molar-refractivity contribution in [1.29, 1.82) is 10.5 Å². The smallest absolute Gasteiger partial charge is 0.408 e. The second-order valence-electron chi connectivity index (χ2n) is 19.4. The van der Waals surface area contributed by atoms with E-state index in [1.165, 1.54) is 0 Å². The number of benzene rings is 6. The van der Waals surface area contributed by atoms with Crippen LogP contribution in [0.2, 0.25) is 0 Å². The number of unbranched alkanes of at least 4 members (excludes halogenated alkanes) is 1. The number of nitrogens with one attached hydrogen (secondary N) is 5. The van der Waals surface area contributed by atoms with Crippen LogP contribution in [0.15, 0.2) is 167 Å². The van der Waals surface area contributed by atoms with Crippen molar-refractivity contribution in [3.8, 4) is 35.2 Å². The second kappa shape index (κ2) is 30.0. The van der Waals surface area contributed by atoms with Crippen LogP contribution in [-0.4, -0.2) is 95.1 Å². The Balaban J connectivity index is 0.000000259. The predicted octanol–water partition coefficient (Wildman–Crippen LogP) is 9.50. The number of nitrogens with zero attached hydrogens (tertiary/aromatic N) is 10. The van der Waals surface area contributed by atoms with Gasteiger partial charge in [-0.25, -0.2) is 28.8 Å². The third-order valence-corrected chi connectivity index (χ3v) is 13.3. The first-order valence-electron chi connectivity index (χ1n) is 27.6. The summed E-state index contributed by atoms with van der Waals surface area (Å²) < 4.78 is 24.0. The van der Waals surface area contributed by atoms with Gasteiger partial charge in [0.05, 0.1) is 60.1 Å². The van der Waals surface area contributed by atoms with Crippen molar-refractivity contribution in [2.45, 2.75) is 64.4 Å². The molecule has 6 aromatic carbocycles. The van der Waals surface area contributed by atoms with Gasteiger partial charge in [0.2, 0.25) is 17.5 Å². The standard InChI is InChI=1S/C42H41N9O7.C20H17N7O2/c43-23-11-25-44-38-37(49-58-50-38)39-47-33-16-7-8-18-35(33)51(39)26-36(52)31-19-21-32(22-20-31)46-40(53)34(48-42(55)57-28-30-14-5-2-6-15-30)17-9-10-24-45-41(54)56-27-29-12-3-1-4-13-29;21-10-3-11-23-19-18(25-29-26-19)20-24-15-4-1-2-5-16(15)27(20)12-17(28)13-6-8-14(22)9-7-13/h1-8,12-16,18-22,34H,9-11,17,24-28H2,(H,44,50)(H,45,54)(H,46,53)(H,48,55);1-2,4-9H,3,11-12,22H2,(H,23,26)/t34-;/m0./s1. The minimum absolute atomic E-state index is 0.0255. The van der Waals surface area contributed by atoms with E-state index in [1.54, 1.807) is 57.7 Å². The molecule has 3 amide bonds. The van der Waals surface area contributed by atoms with Gasteiger partial charge >= 0.3 is 12.2 Å². The first-order valence-corrected chi connectivity index (χ1v) is 27.6. The van der Waals surface area contributed by atoms with E-state index in [0.29, 0.717) is 107 Å². The van der Waals surface area contributed by atoms with Crippen LogP contribution in [0.25, 0.3) is 45.1 Å². The van der Waals surface area contributed by atoms with Gasteiger partial charge in [-0.2, -0.15) is 10.5 Å². The van der Waals surface area contributed by atoms with Gasteiger partial charge in [0.15, 0.2) is 34.6 Å². The number of nitrogens with two attached hydrogens (primary N) is 1. The van der Waals surface area contributed by atoms with E-state index in [1.807, 2.05) is 109 Å². The van der Waals surface area contributed by atoms with Crippen molar-refractivity contribution >= 4 is 74.7 Å². The molecule has 0 radical (unpaired) electrons. The topological polar surface area (TPSA) is 351 Å². The molecule has 0 spiro atoms. The summed E-state index contributed by atoms with van der Waals surface area (Å²) in [6, 6.07) is 49.7. The fourth-order valence-corrected chi connectivity index (χ4v) is 8.93. The molecule has 25 heteroatoms. The maximum atomic E-state index is 13.7. The first kappa shape index (κ1) is 59.9. The number of amides is 3. The van der Waals surface area contributed by atoms with E-state index in [9.17, 15) is 24.0 Å². The number of alkyl carbamates (subject to hydrolysis) is 2. The maximum absolute atomic E-state index is 13.7. The van der Waals surface area contributed by atoms with Gasteiger partial charge in [0.25, 0.3) is 0 Å². The van der Waals surface area contributed by atoms with Gasteiger partial charge < -0.3 is 50.9 Å². The molecule has 7 N–H and O–H groups in total. The number of aromatic nitrogens is 8. The number of ether oxygens (including phenoxy) is 2. The summed E-state index contributed by atoms with van der Waals surface area (Å²) in [6.07, 6.45) is 0.482. The number of fused-ring (bicyclic) bond motifs is 2. The number of para-hydroxylation sites is 4. The van der Waals surface area contributed by atoms with E-state index in [4.69, 9.17) is 40.0 Å². The van der Waals surface area contributed by atoms with Gasteiger partial charge in [-0.1, -0.05) is 84.9 Å². The summed E-state index contributed by atoms with van der Waals surface area (Å²) in [5, 5.41) is 47.7. The van der Waals surface area contributed by atoms with E-state index < -0.39 is 24.1 Å². The second-order valence-corrected chi connectivity index (χ2v) is 19.4. The lowest BCUT2D eigenvalue weighted by molar-refractivity contribution is -0.118. The van der Waals surface area contributed by atoms with Crippen LogP contribution in [0.4, 0.5) is 32.6 Å². The molecule has 0 fully saturated rings. The van der Waals surface area contributed by atoms with Gasteiger partial charge in [-0.15, -0.1) is 0 Å². The molecule has 0 aliphatic heterocycles. The fourth-order valence-electron chi connectivity index (χ4n) is 8.93. The molecule has 0 saturated heterocycles. The number of ketones is 2. The van der Waals surface area contributed by atoms with Crippen LogP contribution in [0.5, 0.6) is 0 Å². The molecular formula is C62H58N16O9. The molecule has 0 bridgehead atoms. The van der Waals surface area contributed by atoms with Crippen LogP contribution >= 0.6 is 0 Å². The van der Waals surface area contributed by atoms with Gasteiger partial charge in [0, 0.05) is 42.1 Å². The number of imidazole rings is 2. The van der Waals surface area contributed by atoms with E-state index in [-0.39, 0.29) is 50.7 Å². The molecule has 10 rings (SSSR count). The molecule has 1 atom stereocenters. The summed E-state index contributed by atoms with van der Waals surface area (Å²) in [4.78, 5) is 74.4. The highest BCUT2D eigenvalue weighted by atomic mass is 16.6. The highest BCUT2D eigenvalue weighted by molar-refractivity contribution is 6.00. The Morgan fingerprint density at radius 1 is 0.552 bits per heavy atom. The minimum Gasteiger partial charge on any atom is -0.445 e. The Morgan fingerprint density at radius 2 is 1.02 bits per heavy atom. The van der Waals surface area contributed by atoms with Crippen LogP contribution < -0.4 is 32.3 Å². The molecule has 4 aromatic heterocycles. The third kappa shape index (κ3) is 16.3. The van der Waals surface area contributed by atoms with Gasteiger partial charge in [0.1, 0.15) is 19.3 Å². The molecule has 0 saturated carbocycles. The lowest BCUT2D eigenvalue weighted by Crippen LogP contribution is -2.44. The Bertz CT molecular complexity index is 4040. The Hall–Kier alpha value is -11.7. The van der Waals surface area contributed by atoms with Crippen molar-refractivity contribution in [3.05, 3.63) is 180 Å². The zero-order chi connectivity index (χ0) is 60.7. The summed E-state index contributed by atoms with van der Waals surface area (Å²) in [7, 11) is 0. The molecule has 87 heavy (non-hydrogen) atoms. The Kier molecular flexibility index (Phi) is 20.7. The number of hydrogen-bond donors (Lipinski definition) is 6. The molecule has 4 heterocycles. The van der Waals surface area contributed by atoms with Crippen molar-refractivity contribution in [2.24, 2.45) is 0 Å². The molecule has 0 unspecified atom stereocenters. The number of nitriles is 2. The normalized spacial score (nSPS) is 11.1. The highest BCUT2D eigenvalue weighted by Crippen LogP contribution is 2.30. The summed E-state index contributed by atoms with van der Waals surface area (Å²) >= 11 is 0. The van der Waals surface area contributed by atoms with Crippen molar-refractivity contribution in [2.75, 3.05) is 41.3 Å². The van der Waals surface area contributed by atoms with Crippen LogP contribution in [0.1, 0.15) is 63.9 Å². The zero-order valence-corrected chi connectivity index (χ0v) is 46.8. The molecule has 0 aliphatic carbocycles. The quantitative estimate of drug-likeness (QED) is 0.0167. The van der Waals surface area contributed by atoms with E-state index in [0.717, 1.165) is 22.2 Å². The lowest BCUT2D eigenvalue weighted by atomic mass is 10.1.